The van der Waals surface area contributed by atoms with Gasteiger partial charge in [0.1, 0.15) is 0 Å². The van der Waals surface area contributed by atoms with Crippen molar-refractivity contribution in [1.82, 2.24) is 4.98 Å². The summed E-state index contributed by atoms with van der Waals surface area (Å²) in [6, 6.07) is 2.60. The molecule has 0 saturated carbocycles. The summed E-state index contributed by atoms with van der Waals surface area (Å²) in [4.78, 5) is 23.3. The molecule has 1 rings (SSSR count). The lowest BCUT2D eigenvalue weighted by Gasteiger charge is -1.89. The Hall–Kier alpha value is -1.58. The van der Waals surface area contributed by atoms with Crippen LogP contribution in [-0.2, 0) is 0 Å². The first-order valence-electron chi connectivity index (χ1n) is 2.68. The highest BCUT2D eigenvalue weighted by atomic mass is 16.1. The number of aromatic nitrogens is 1. The van der Waals surface area contributed by atoms with Crippen molar-refractivity contribution < 1.29 is 4.79 Å². The predicted molar refractivity (Wildman–Crippen MR) is 35.6 cm³/mol. The van der Waals surface area contributed by atoms with Crippen LogP contribution in [0.25, 0.3) is 0 Å². The summed E-state index contributed by atoms with van der Waals surface area (Å²) >= 11 is 0. The monoisotopic (exact) mass is 138 g/mol. The second-order valence-corrected chi connectivity index (χ2v) is 1.81. The minimum atomic E-state index is -0.592. The highest BCUT2D eigenvalue weighted by Gasteiger charge is 1.97. The van der Waals surface area contributed by atoms with E-state index >= 15 is 0 Å². The highest BCUT2D eigenvalue weighted by molar-refractivity contribution is 5.92. The minimum Gasteiger partial charge on any atom is -0.366 e. The average molecular weight is 138 g/mol. The van der Waals surface area contributed by atoms with Gasteiger partial charge in [0.05, 0.1) is 0 Å². The van der Waals surface area contributed by atoms with Gasteiger partial charge in [-0.15, -0.1) is 0 Å². The van der Waals surface area contributed by atoms with Crippen LogP contribution in [0.3, 0.4) is 0 Å². The number of primary amides is 1. The zero-order valence-corrected chi connectivity index (χ0v) is 5.13. The van der Waals surface area contributed by atoms with Crippen LogP contribution in [0.15, 0.2) is 23.1 Å². The first-order valence-corrected chi connectivity index (χ1v) is 2.68. The molecule has 0 aliphatic carbocycles. The third-order valence-electron chi connectivity index (χ3n) is 1.06. The molecule has 0 saturated heterocycles. The molecule has 0 unspecified atom stereocenters. The highest BCUT2D eigenvalue weighted by Crippen LogP contribution is 1.88. The number of carbonyl (C=O) groups excluding carboxylic acids is 1. The summed E-state index contributed by atoms with van der Waals surface area (Å²) < 4.78 is 0. The molecule has 0 spiro atoms. The Morgan fingerprint density at radius 2 is 2.30 bits per heavy atom. The number of carbonyl (C=O) groups is 1. The number of aromatic amines is 1. The van der Waals surface area contributed by atoms with Crippen molar-refractivity contribution in [2.24, 2.45) is 5.73 Å². The number of amides is 1. The zero-order valence-electron chi connectivity index (χ0n) is 5.13. The molecule has 1 aromatic heterocycles. The lowest BCUT2D eigenvalue weighted by atomic mass is 10.3. The van der Waals surface area contributed by atoms with Gasteiger partial charge in [0.2, 0.25) is 11.5 Å². The van der Waals surface area contributed by atoms with E-state index in [1.165, 1.54) is 12.3 Å². The lowest BCUT2D eigenvalue weighted by Crippen LogP contribution is -2.14. The fraction of sp³-hybridized carbons (Fsp3) is 0. The van der Waals surface area contributed by atoms with Crippen LogP contribution in [0.1, 0.15) is 10.4 Å². The fourth-order valence-electron chi connectivity index (χ4n) is 0.598. The molecule has 1 amide bonds. The van der Waals surface area contributed by atoms with Gasteiger partial charge in [-0.05, 0) is 6.07 Å². The maximum Gasteiger partial charge on any atom is 0.248 e. The van der Waals surface area contributed by atoms with E-state index in [1.807, 2.05) is 0 Å². The molecule has 4 heteroatoms. The predicted octanol–water partition coefficient (Wildman–Crippen LogP) is -0.526. The van der Waals surface area contributed by atoms with Crippen LogP contribution in [0.4, 0.5) is 0 Å². The molecule has 4 nitrogen and oxygen atoms in total. The van der Waals surface area contributed by atoms with Crippen molar-refractivity contribution in [3.8, 4) is 0 Å². The summed E-state index contributed by atoms with van der Waals surface area (Å²) in [6.07, 6.45) is 1.38. The van der Waals surface area contributed by atoms with E-state index in [9.17, 15) is 9.59 Å². The molecule has 52 valence electrons. The van der Waals surface area contributed by atoms with Crippen LogP contribution < -0.4 is 11.3 Å². The molecule has 0 aliphatic heterocycles. The zero-order chi connectivity index (χ0) is 7.56. The van der Waals surface area contributed by atoms with E-state index in [0.29, 0.717) is 0 Å². The van der Waals surface area contributed by atoms with E-state index in [4.69, 9.17) is 5.73 Å². The van der Waals surface area contributed by atoms with E-state index in [-0.39, 0.29) is 11.1 Å². The maximum absolute atomic E-state index is 10.5. The summed E-state index contributed by atoms with van der Waals surface area (Å²) in [5.74, 6) is -0.592. The summed E-state index contributed by atoms with van der Waals surface area (Å²) in [5.41, 5.74) is 4.79. The standard InChI is InChI=1S/C6H6N2O2/c7-6(10)4-1-2-8-5(9)3-4/h1-3H,(H2,7,10)(H,8,9). The normalized spacial score (nSPS) is 9.20. The van der Waals surface area contributed by atoms with Crippen LogP contribution in [-0.4, -0.2) is 10.9 Å². The molecule has 0 atom stereocenters. The van der Waals surface area contributed by atoms with Crippen molar-refractivity contribution in [3.63, 3.8) is 0 Å². The Balaban J connectivity index is 3.20. The summed E-state index contributed by atoms with van der Waals surface area (Å²) in [5, 5.41) is 0. The van der Waals surface area contributed by atoms with Crippen molar-refractivity contribution >= 4 is 5.91 Å². The van der Waals surface area contributed by atoms with Crippen molar-refractivity contribution in [2.45, 2.75) is 0 Å². The lowest BCUT2D eigenvalue weighted by molar-refractivity contribution is 0.1000. The topological polar surface area (TPSA) is 76.0 Å². The van der Waals surface area contributed by atoms with Gasteiger partial charge in [0.15, 0.2) is 0 Å². The third kappa shape index (κ3) is 1.22. The van der Waals surface area contributed by atoms with Gasteiger partial charge >= 0.3 is 0 Å². The van der Waals surface area contributed by atoms with Crippen LogP contribution in [0.5, 0.6) is 0 Å². The average Bonchev–Trinajstić information content (AvgIpc) is 1.88. The molecule has 3 N–H and O–H groups in total. The molecular weight excluding hydrogens is 132 g/mol. The number of nitrogens with one attached hydrogen (secondary N) is 1. The first-order chi connectivity index (χ1) is 4.70. The molecule has 0 radical (unpaired) electrons. The second kappa shape index (κ2) is 2.34. The largest absolute Gasteiger partial charge is 0.366 e. The van der Waals surface area contributed by atoms with E-state index < -0.39 is 5.91 Å². The van der Waals surface area contributed by atoms with Crippen LogP contribution in [0.2, 0.25) is 0 Å². The third-order valence-corrected chi connectivity index (χ3v) is 1.06. The minimum absolute atomic E-state index is 0.226. The molecule has 0 fully saturated rings. The molecule has 1 aromatic rings. The van der Waals surface area contributed by atoms with E-state index in [1.54, 1.807) is 0 Å². The molecule has 10 heavy (non-hydrogen) atoms. The number of hydrogen-bond donors (Lipinski definition) is 2. The summed E-state index contributed by atoms with van der Waals surface area (Å²) in [6.45, 7) is 0. The van der Waals surface area contributed by atoms with Crippen LogP contribution in [0, 0.1) is 0 Å². The van der Waals surface area contributed by atoms with Gasteiger partial charge in [0.25, 0.3) is 0 Å². The van der Waals surface area contributed by atoms with Crippen molar-refractivity contribution in [2.75, 3.05) is 0 Å². The Morgan fingerprint density at radius 3 is 2.70 bits per heavy atom. The molecular formula is C6H6N2O2. The number of hydrogen-bond acceptors (Lipinski definition) is 2. The Labute approximate surface area is 56.7 Å². The maximum atomic E-state index is 10.5. The molecule has 0 bridgehead atoms. The number of pyridine rings is 1. The van der Waals surface area contributed by atoms with Crippen molar-refractivity contribution in [3.05, 3.63) is 34.2 Å². The number of nitrogens with two attached hydrogens (primary N) is 1. The Bertz CT molecular complexity index is 303. The second-order valence-electron chi connectivity index (χ2n) is 1.81. The van der Waals surface area contributed by atoms with Crippen molar-refractivity contribution in [1.29, 1.82) is 0 Å². The first kappa shape index (κ1) is 6.54. The van der Waals surface area contributed by atoms with Gasteiger partial charge in [-0.2, -0.15) is 0 Å². The van der Waals surface area contributed by atoms with E-state index in [2.05, 4.69) is 4.98 Å². The Morgan fingerprint density at radius 1 is 1.60 bits per heavy atom. The van der Waals surface area contributed by atoms with Gasteiger partial charge in [-0.3, -0.25) is 9.59 Å². The van der Waals surface area contributed by atoms with Gasteiger partial charge in [-0.1, -0.05) is 0 Å². The van der Waals surface area contributed by atoms with Gasteiger partial charge in [0, 0.05) is 17.8 Å². The smallest absolute Gasteiger partial charge is 0.248 e. The SMILES string of the molecule is NC(=O)c1cc[nH]c(=O)c1. The fourth-order valence-corrected chi connectivity index (χ4v) is 0.598. The Kier molecular flexibility index (Phi) is 1.53. The molecule has 1 heterocycles. The molecule has 0 aromatic carbocycles. The number of rotatable bonds is 1. The summed E-state index contributed by atoms with van der Waals surface area (Å²) in [7, 11) is 0. The van der Waals surface area contributed by atoms with Crippen LogP contribution >= 0.6 is 0 Å². The van der Waals surface area contributed by atoms with Gasteiger partial charge in [-0.25, -0.2) is 0 Å². The quantitative estimate of drug-likeness (QED) is 0.547. The van der Waals surface area contributed by atoms with Gasteiger partial charge < -0.3 is 10.7 Å². The van der Waals surface area contributed by atoms with E-state index in [0.717, 1.165) is 6.07 Å². The molecule has 0 aliphatic rings. The number of H-pyrrole nitrogens is 1.